The minimum Gasteiger partial charge on any atom is -0.414 e. The maximum absolute atomic E-state index is 13.8. The van der Waals surface area contributed by atoms with Crippen LogP contribution in [0.2, 0.25) is 39.3 Å². The van der Waals surface area contributed by atoms with Crippen molar-refractivity contribution in [2.75, 3.05) is 20.8 Å². The van der Waals surface area contributed by atoms with Crippen LogP contribution in [0.25, 0.3) is 0 Å². The predicted octanol–water partition coefficient (Wildman–Crippen LogP) is 6.43. The van der Waals surface area contributed by atoms with Gasteiger partial charge < -0.3 is 18.5 Å². The molecule has 4 aliphatic carbocycles. The minimum absolute atomic E-state index is 0.0631. The number of oxime groups is 2. The van der Waals surface area contributed by atoms with Crippen molar-refractivity contribution < 1.29 is 23.3 Å². The summed E-state index contributed by atoms with van der Waals surface area (Å²) < 4.78 is 13.2. The highest BCUT2D eigenvalue weighted by Gasteiger charge is 2.65. The average Bonchev–Trinajstić information content (AvgIpc) is 3.19. The third kappa shape index (κ3) is 5.76. The van der Waals surface area contributed by atoms with Crippen molar-refractivity contribution in [1.29, 1.82) is 0 Å². The predicted molar refractivity (Wildman–Crippen MR) is 157 cm³/mol. The van der Waals surface area contributed by atoms with Gasteiger partial charge >= 0.3 is 0 Å². The molecule has 0 aromatic rings. The Morgan fingerprint density at radius 2 is 1.79 bits per heavy atom. The van der Waals surface area contributed by atoms with Crippen molar-refractivity contribution in [1.82, 2.24) is 0 Å². The molecule has 0 radical (unpaired) electrons. The Balaban J connectivity index is 1.76. The first-order chi connectivity index (χ1) is 17.7. The zero-order valence-electron chi connectivity index (χ0n) is 25.1. The largest absolute Gasteiger partial charge is 0.414 e. The number of Topliss-reactive ketones (excluding diaryl/α,β-unsaturated/α-hetero) is 1. The molecule has 3 saturated carbocycles. The SMILES string of the molecule is CO/N=C/C12CC(O[Si](C)(C)C)C3C(CCC4=C/C(=N/OC)CCC43C)C1CCC2C(=O)CO[Si](C)(C)C. The normalized spacial score (nSPS) is 38.4. The van der Waals surface area contributed by atoms with Gasteiger partial charge in [0.05, 0.1) is 18.5 Å². The highest BCUT2D eigenvalue weighted by molar-refractivity contribution is 6.70. The number of hydrogen-bond acceptors (Lipinski definition) is 7. The molecule has 7 nitrogen and oxygen atoms in total. The number of carbonyl (C=O) groups excluding carboxylic acids is 1. The van der Waals surface area contributed by atoms with Gasteiger partial charge in [0.1, 0.15) is 14.2 Å². The van der Waals surface area contributed by atoms with Gasteiger partial charge in [0, 0.05) is 17.4 Å². The molecule has 7 atom stereocenters. The molecule has 0 aromatic heterocycles. The van der Waals surface area contributed by atoms with Crippen LogP contribution in [0.15, 0.2) is 22.0 Å². The smallest absolute Gasteiger partial charge is 0.184 e. The quantitative estimate of drug-likeness (QED) is 0.184. The van der Waals surface area contributed by atoms with Gasteiger partial charge in [0.2, 0.25) is 0 Å². The molecule has 7 unspecified atom stereocenters. The van der Waals surface area contributed by atoms with Crippen molar-refractivity contribution in [3.05, 3.63) is 11.6 Å². The van der Waals surface area contributed by atoms with Crippen LogP contribution in [-0.2, 0) is 23.3 Å². The molecule has 0 heterocycles. The van der Waals surface area contributed by atoms with Crippen LogP contribution in [0, 0.1) is 34.5 Å². The Morgan fingerprint density at radius 1 is 1.05 bits per heavy atom. The van der Waals surface area contributed by atoms with Gasteiger partial charge in [-0.15, -0.1) is 0 Å². The molecule has 0 bridgehead atoms. The van der Waals surface area contributed by atoms with Gasteiger partial charge in [-0.3, -0.25) is 4.79 Å². The van der Waals surface area contributed by atoms with E-state index in [1.807, 2.05) is 6.21 Å². The van der Waals surface area contributed by atoms with Crippen molar-refractivity contribution in [3.63, 3.8) is 0 Å². The van der Waals surface area contributed by atoms with Crippen LogP contribution >= 0.6 is 0 Å². The summed E-state index contributed by atoms with van der Waals surface area (Å²) in [5, 5.41) is 8.66. The van der Waals surface area contributed by atoms with Gasteiger partial charge in [-0.05, 0) is 113 Å². The number of rotatable bonds is 9. The molecule has 0 amide bonds. The summed E-state index contributed by atoms with van der Waals surface area (Å²) in [6.07, 6.45) is 11.3. The van der Waals surface area contributed by atoms with E-state index in [-0.39, 0.29) is 35.2 Å². The summed E-state index contributed by atoms with van der Waals surface area (Å²) in [6.45, 7) is 16.0. The zero-order valence-corrected chi connectivity index (χ0v) is 27.1. The third-order valence-corrected chi connectivity index (χ3v) is 11.7. The second-order valence-electron chi connectivity index (χ2n) is 14.2. The van der Waals surface area contributed by atoms with Gasteiger partial charge in [0.15, 0.2) is 22.4 Å². The van der Waals surface area contributed by atoms with Crippen LogP contribution < -0.4 is 0 Å². The fraction of sp³-hybridized carbons (Fsp3) is 0.828. The molecule has 4 rings (SSSR count). The zero-order chi connectivity index (χ0) is 27.9. The first kappa shape index (κ1) is 29.7. The second kappa shape index (κ2) is 10.9. The van der Waals surface area contributed by atoms with Gasteiger partial charge in [-0.1, -0.05) is 22.8 Å². The molecule has 9 heteroatoms. The lowest BCUT2D eigenvalue weighted by Gasteiger charge is -2.61. The molecular weight excluding hydrogens is 513 g/mol. The highest BCUT2D eigenvalue weighted by atomic mass is 28.4. The average molecular weight is 563 g/mol. The first-order valence-corrected chi connectivity index (χ1v) is 21.3. The first-order valence-electron chi connectivity index (χ1n) is 14.5. The van der Waals surface area contributed by atoms with Crippen molar-refractivity contribution in [2.45, 2.75) is 97.3 Å². The van der Waals surface area contributed by atoms with Crippen LogP contribution in [0.3, 0.4) is 0 Å². The van der Waals surface area contributed by atoms with E-state index in [1.54, 1.807) is 14.2 Å². The summed E-state index contributed by atoms with van der Waals surface area (Å²) in [5.74, 6) is 1.41. The number of carbonyl (C=O) groups is 1. The summed E-state index contributed by atoms with van der Waals surface area (Å²) >= 11 is 0. The van der Waals surface area contributed by atoms with Crippen molar-refractivity contribution in [3.8, 4) is 0 Å². The molecule has 4 aliphatic rings. The van der Waals surface area contributed by atoms with Gasteiger partial charge in [0.25, 0.3) is 0 Å². The molecule has 214 valence electrons. The van der Waals surface area contributed by atoms with E-state index in [0.717, 1.165) is 50.7 Å². The molecule has 0 aromatic carbocycles. The Labute approximate surface area is 232 Å². The summed E-state index contributed by atoms with van der Waals surface area (Å²) in [6, 6.07) is 0. The monoisotopic (exact) mass is 562 g/mol. The summed E-state index contributed by atoms with van der Waals surface area (Å²) in [4.78, 5) is 24.2. The maximum atomic E-state index is 13.8. The Morgan fingerprint density at radius 3 is 2.42 bits per heavy atom. The number of hydrogen-bond donors (Lipinski definition) is 0. The van der Waals surface area contributed by atoms with E-state index in [1.165, 1.54) is 5.57 Å². The summed E-state index contributed by atoms with van der Waals surface area (Å²) in [7, 11) is -0.450. The summed E-state index contributed by atoms with van der Waals surface area (Å²) in [5.41, 5.74) is 2.26. The molecule has 0 N–H and O–H groups in total. The molecule has 0 spiro atoms. The Hall–Kier alpha value is -1.30. The van der Waals surface area contributed by atoms with Gasteiger partial charge in [-0.2, -0.15) is 0 Å². The number of fused-ring (bicyclic) bond motifs is 5. The van der Waals surface area contributed by atoms with Crippen LogP contribution in [-0.4, -0.2) is 61.3 Å². The molecule has 3 fully saturated rings. The lowest BCUT2D eigenvalue weighted by Crippen LogP contribution is -2.60. The fourth-order valence-electron chi connectivity index (χ4n) is 8.36. The topological polar surface area (TPSA) is 78.7 Å². The van der Waals surface area contributed by atoms with Crippen LogP contribution in [0.1, 0.15) is 51.9 Å². The molecule has 0 saturated heterocycles. The van der Waals surface area contributed by atoms with Crippen LogP contribution in [0.5, 0.6) is 0 Å². The minimum atomic E-state index is -1.88. The highest BCUT2D eigenvalue weighted by Crippen LogP contribution is 2.67. The molecule has 0 aliphatic heterocycles. The van der Waals surface area contributed by atoms with Gasteiger partial charge in [-0.25, -0.2) is 0 Å². The maximum Gasteiger partial charge on any atom is 0.184 e. The number of allylic oxidation sites excluding steroid dienone is 2. The molecule has 38 heavy (non-hydrogen) atoms. The Bertz CT molecular complexity index is 984. The second-order valence-corrected chi connectivity index (χ2v) is 23.2. The molecular formula is C29H50N2O5Si2. The van der Waals surface area contributed by atoms with E-state index in [0.29, 0.717) is 17.8 Å². The Kier molecular flexibility index (Phi) is 8.54. The van der Waals surface area contributed by atoms with E-state index >= 15 is 0 Å². The van der Waals surface area contributed by atoms with E-state index < -0.39 is 16.6 Å². The van der Waals surface area contributed by atoms with E-state index in [4.69, 9.17) is 18.5 Å². The van der Waals surface area contributed by atoms with E-state index in [2.05, 4.69) is 62.6 Å². The fourth-order valence-corrected chi connectivity index (χ4v) is 10.1. The third-order valence-electron chi connectivity index (χ3n) is 9.64. The van der Waals surface area contributed by atoms with Crippen molar-refractivity contribution >= 4 is 34.3 Å². The van der Waals surface area contributed by atoms with E-state index in [9.17, 15) is 4.79 Å². The standard InChI is InChI=1S/C29H50N2O5Si2/c1-28-15-14-21(31-34-3)16-20(28)10-11-22-23-12-13-24(25(32)18-35-37(4,5)6)29(23,19-30-33-2)17-26(27(22)28)36-38(7,8)9/h16,19,22-24,26-27H,10-15,17-18H2,1-9H3/b30-19+,31-21+. The number of nitrogens with zero attached hydrogens (tertiary/aromatic N) is 2. The lowest BCUT2D eigenvalue weighted by atomic mass is 9.45. The number of ketones is 1. The lowest BCUT2D eigenvalue weighted by molar-refractivity contribution is -0.134. The van der Waals surface area contributed by atoms with Crippen molar-refractivity contribution in [2.24, 2.45) is 44.8 Å². The van der Waals surface area contributed by atoms with Crippen LogP contribution in [0.4, 0.5) is 0 Å².